The van der Waals surface area contributed by atoms with E-state index in [2.05, 4.69) is 25.8 Å². The fourth-order valence-electron chi connectivity index (χ4n) is 3.72. The second kappa shape index (κ2) is 7.27. The van der Waals surface area contributed by atoms with E-state index < -0.39 is 0 Å². The summed E-state index contributed by atoms with van der Waals surface area (Å²) in [5.74, 6) is -0.244. The van der Waals surface area contributed by atoms with Crippen molar-refractivity contribution >= 4 is 21.4 Å². The van der Waals surface area contributed by atoms with E-state index in [1.54, 1.807) is 35.7 Å². The molecule has 0 aliphatic rings. The lowest BCUT2D eigenvalue weighted by molar-refractivity contribution is 0.411. The molecule has 2 aromatic heterocycles. The van der Waals surface area contributed by atoms with Crippen LogP contribution in [0.15, 0.2) is 54.7 Å². The van der Waals surface area contributed by atoms with E-state index in [0.717, 1.165) is 26.9 Å². The fourth-order valence-corrected chi connectivity index (χ4v) is 4.65. The van der Waals surface area contributed by atoms with Crippen molar-refractivity contribution in [2.75, 3.05) is 0 Å². The van der Waals surface area contributed by atoms with E-state index in [1.165, 1.54) is 0 Å². The first kappa shape index (κ1) is 19.6. The molecule has 0 atom stereocenters. The predicted octanol–water partition coefficient (Wildman–Crippen LogP) is 7.37. The van der Waals surface area contributed by atoms with E-state index in [-0.39, 0.29) is 17.0 Å². The second-order valence-corrected chi connectivity index (χ2v) is 9.97. The number of nitrogens with zero attached hydrogens (tertiary/aromatic N) is 1. The Morgan fingerprint density at radius 2 is 1.76 bits per heavy atom. The molecule has 0 amide bonds. The van der Waals surface area contributed by atoms with Crippen LogP contribution in [0.3, 0.4) is 0 Å². The Balaban J connectivity index is 1.81. The van der Waals surface area contributed by atoms with E-state index in [9.17, 15) is 5.11 Å². The monoisotopic (exact) mass is 405 g/mol. The minimum Gasteiger partial charge on any atom is -0.507 e. The number of benzene rings is 2. The predicted molar refractivity (Wildman–Crippen MR) is 120 cm³/mol. The van der Waals surface area contributed by atoms with Gasteiger partial charge in [-0.05, 0) is 60.7 Å². The molecule has 4 rings (SSSR count). The van der Waals surface area contributed by atoms with Gasteiger partial charge in [-0.2, -0.15) is 0 Å². The van der Waals surface area contributed by atoms with Crippen molar-refractivity contribution in [1.29, 1.82) is 0 Å². The minimum absolute atomic E-state index is 0.123. The van der Waals surface area contributed by atoms with Crippen molar-refractivity contribution < 1.29 is 9.50 Å². The highest BCUT2D eigenvalue weighted by molar-refractivity contribution is 7.19. The van der Waals surface area contributed by atoms with Gasteiger partial charge in [-0.25, -0.2) is 4.39 Å². The molecule has 0 fully saturated rings. The van der Waals surface area contributed by atoms with Crippen molar-refractivity contribution in [1.82, 2.24) is 4.98 Å². The maximum atomic E-state index is 15.6. The van der Waals surface area contributed by atoms with Gasteiger partial charge < -0.3 is 5.11 Å². The van der Waals surface area contributed by atoms with Crippen LogP contribution in [-0.2, 0) is 6.42 Å². The summed E-state index contributed by atoms with van der Waals surface area (Å²) in [6.07, 6.45) is 2.62. The molecule has 148 valence electrons. The highest BCUT2D eigenvalue weighted by Crippen LogP contribution is 2.41. The number of pyridine rings is 1. The minimum atomic E-state index is -0.366. The van der Waals surface area contributed by atoms with Crippen molar-refractivity contribution in [2.45, 2.75) is 34.1 Å². The van der Waals surface area contributed by atoms with E-state index in [0.29, 0.717) is 22.4 Å². The number of aryl methyl sites for hydroxylation is 1. The molecule has 0 aliphatic heterocycles. The second-order valence-electron chi connectivity index (χ2n) is 8.68. The molecule has 0 spiro atoms. The Labute approximate surface area is 174 Å². The molecule has 2 nitrogen and oxygen atoms in total. The van der Waals surface area contributed by atoms with Gasteiger partial charge in [-0.15, -0.1) is 11.3 Å². The van der Waals surface area contributed by atoms with Crippen molar-refractivity contribution in [3.63, 3.8) is 0 Å². The van der Waals surface area contributed by atoms with Crippen LogP contribution >= 0.6 is 11.3 Å². The number of aromatic hydroxyl groups is 1. The zero-order chi connectivity index (χ0) is 20.8. The third kappa shape index (κ3) is 3.90. The zero-order valence-electron chi connectivity index (χ0n) is 17.1. The molecule has 0 saturated carbocycles. The molecular weight excluding hydrogens is 381 g/mol. The van der Waals surface area contributed by atoms with Crippen LogP contribution in [0.2, 0.25) is 0 Å². The van der Waals surface area contributed by atoms with Gasteiger partial charge in [0, 0.05) is 37.9 Å². The molecule has 29 heavy (non-hydrogen) atoms. The molecule has 4 aromatic rings. The van der Waals surface area contributed by atoms with Gasteiger partial charge in [0.15, 0.2) is 0 Å². The average molecular weight is 406 g/mol. The third-order valence-electron chi connectivity index (χ3n) is 4.92. The van der Waals surface area contributed by atoms with Gasteiger partial charge in [0.1, 0.15) is 11.6 Å². The lowest BCUT2D eigenvalue weighted by atomic mass is 9.88. The van der Waals surface area contributed by atoms with Crippen LogP contribution in [0.5, 0.6) is 5.75 Å². The molecular formula is C25H24FNOS. The summed E-state index contributed by atoms with van der Waals surface area (Å²) in [6, 6.07) is 14.9. The quantitative estimate of drug-likeness (QED) is 0.386. The summed E-state index contributed by atoms with van der Waals surface area (Å²) in [5.41, 5.74) is 3.20. The largest absolute Gasteiger partial charge is 0.507 e. The molecule has 0 saturated heterocycles. The summed E-state index contributed by atoms with van der Waals surface area (Å²) in [7, 11) is 0. The molecule has 1 N–H and O–H groups in total. The number of phenols is 1. The van der Waals surface area contributed by atoms with Crippen molar-refractivity contribution in [3.05, 3.63) is 71.0 Å². The molecule has 2 heterocycles. The highest BCUT2D eigenvalue weighted by Gasteiger charge is 2.18. The van der Waals surface area contributed by atoms with E-state index in [1.807, 2.05) is 37.3 Å². The Morgan fingerprint density at radius 3 is 2.52 bits per heavy atom. The number of halogens is 1. The van der Waals surface area contributed by atoms with Crippen molar-refractivity contribution in [2.24, 2.45) is 5.41 Å². The van der Waals surface area contributed by atoms with Crippen LogP contribution in [0.25, 0.3) is 32.5 Å². The van der Waals surface area contributed by atoms with Crippen molar-refractivity contribution in [3.8, 4) is 28.1 Å². The summed E-state index contributed by atoms with van der Waals surface area (Å²) in [5, 5.41) is 11.6. The summed E-state index contributed by atoms with van der Waals surface area (Å²) in [6.45, 7) is 8.54. The first-order valence-corrected chi connectivity index (χ1v) is 10.5. The molecule has 4 heteroatoms. The Hall–Kier alpha value is -2.72. The van der Waals surface area contributed by atoms with Crippen LogP contribution in [0, 0.1) is 18.2 Å². The first-order valence-electron chi connectivity index (χ1n) is 9.69. The van der Waals surface area contributed by atoms with Crippen LogP contribution in [-0.4, -0.2) is 10.1 Å². The Bertz CT molecular complexity index is 1200. The smallest absolute Gasteiger partial charge is 0.140 e. The topological polar surface area (TPSA) is 33.1 Å². The SMILES string of the molecule is Cc1cc2c(O)c(-c3cccc(-c4cc(CC(C)(C)C)ccn4)c3F)ccc2s1. The number of hydrogen-bond donors (Lipinski definition) is 1. The number of phenolic OH excluding ortho intramolecular Hbond substituents is 1. The van der Waals surface area contributed by atoms with Gasteiger partial charge in [-0.3, -0.25) is 4.98 Å². The molecule has 0 unspecified atom stereocenters. The molecule has 2 aromatic carbocycles. The average Bonchev–Trinajstić information content (AvgIpc) is 3.03. The normalized spacial score (nSPS) is 11.9. The molecule has 0 aliphatic carbocycles. The van der Waals surface area contributed by atoms with Gasteiger partial charge in [0.25, 0.3) is 0 Å². The fraction of sp³-hybridized carbons (Fsp3) is 0.240. The zero-order valence-corrected chi connectivity index (χ0v) is 17.9. The van der Waals surface area contributed by atoms with Gasteiger partial charge in [0.2, 0.25) is 0 Å². The summed E-state index contributed by atoms with van der Waals surface area (Å²) in [4.78, 5) is 5.52. The maximum Gasteiger partial charge on any atom is 0.140 e. The number of thiophene rings is 1. The number of hydrogen-bond acceptors (Lipinski definition) is 3. The van der Waals surface area contributed by atoms with Gasteiger partial charge >= 0.3 is 0 Å². The third-order valence-corrected chi connectivity index (χ3v) is 5.94. The Kier molecular flexibility index (Phi) is 4.91. The van der Waals surface area contributed by atoms with Gasteiger partial charge in [-0.1, -0.05) is 32.9 Å². The highest BCUT2D eigenvalue weighted by atomic mass is 32.1. The lowest BCUT2D eigenvalue weighted by Gasteiger charge is -2.18. The summed E-state index contributed by atoms with van der Waals surface area (Å²) < 4.78 is 16.5. The summed E-state index contributed by atoms with van der Waals surface area (Å²) >= 11 is 1.62. The van der Waals surface area contributed by atoms with E-state index in [4.69, 9.17) is 0 Å². The number of aromatic nitrogens is 1. The van der Waals surface area contributed by atoms with Crippen LogP contribution < -0.4 is 0 Å². The first-order chi connectivity index (χ1) is 13.7. The van der Waals surface area contributed by atoms with E-state index >= 15 is 4.39 Å². The number of fused-ring (bicyclic) bond motifs is 1. The number of rotatable bonds is 3. The standard InChI is InChI=1S/C25H24FNOS/c1-15-12-20-22(29-15)9-8-18(24(20)28)17-6-5-7-19(23(17)26)21-13-16(10-11-27-21)14-25(2,3)4/h5-13,28H,14H2,1-4H3. The van der Waals surface area contributed by atoms with Crippen LogP contribution in [0.1, 0.15) is 31.2 Å². The molecule has 0 radical (unpaired) electrons. The van der Waals surface area contributed by atoms with Gasteiger partial charge in [0.05, 0.1) is 5.69 Å². The Morgan fingerprint density at radius 1 is 1.00 bits per heavy atom. The lowest BCUT2D eigenvalue weighted by Crippen LogP contribution is -2.09. The molecule has 0 bridgehead atoms. The van der Waals surface area contributed by atoms with Crippen LogP contribution in [0.4, 0.5) is 4.39 Å². The maximum absolute atomic E-state index is 15.6.